The number of unbranched alkanes of at least 4 members (excludes halogenated alkanes) is 2. The molecule has 9 nitrogen and oxygen atoms in total. The Morgan fingerprint density at radius 1 is 0.443 bits per heavy atom. The minimum Gasteiger partial charge on any atom is -0.462 e. The van der Waals surface area contributed by atoms with E-state index in [2.05, 4.69) is 172 Å². The highest BCUT2D eigenvalue weighted by Gasteiger charge is 2.27. The fourth-order valence-corrected chi connectivity index (χ4v) is 6.55. The molecule has 0 heterocycles. The first-order valence-corrected chi connectivity index (χ1v) is 27.4. The number of likely N-dealkylation sites (N-methyl/N-ethyl adjacent to an activating group) is 1. The molecule has 0 aliphatic heterocycles. The minimum absolute atomic E-state index is 0.000687. The van der Waals surface area contributed by atoms with Crippen molar-refractivity contribution >= 4 is 19.8 Å². The van der Waals surface area contributed by atoms with Gasteiger partial charge < -0.3 is 18.9 Å². The number of allylic oxidation sites excluding steroid dienone is 28. The summed E-state index contributed by atoms with van der Waals surface area (Å²) in [5, 5.41) is 0. The van der Waals surface area contributed by atoms with Gasteiger partial charge in [-0.15, -0.1) is 0 Å². The first-order chi connectivity index (χ1) is 34.0. The van der Waals surface area contributed by atoms with Gasteiger partial charge in [0.15, 0.2) is 6.10 Å². The molecular weight excluding hydrogens is 894 g/mol. The predicted molar refractivity (Wildman–Crippen MR) is 297 cm³/mol. The number of esters is 2. The monoisotopic (exact) mass is 987 g/mol. The van der Waals surface area contributed by atoms with Crippen molar-refractivity contribution in [2.75, 3.05) is 47.5 Å². The lowest BCUT2D eigenvalue weighted by molar-refractivity contribution is -0.870. The lowest BCUT2D eigenvalue weighted by Crippen LogP contribution is -2.37. The Morgan fingerprint density at radius 2 is 0.743 bits per heavy atom. The van der Waals surface area contributed by atoms with Gasteiger partial charge in [0.2, 0.25) is 0 Å². The lowest BCUT2D eigenvalue weighted by Gasteiger charge is -2.24. The molecule has 0 bridgehead atoms. The number of rotatable bonds is 44. The smallest absolute Gasteiger partial charge is 0.462 e. The fraction of sp³-hybridized carbons (Fsp3) is 0.500. The first kappa shape index (κ1) is 65.4. The van der Waals surface area contributed by atoms with Gasteiger partial charge in [-0.2, -0.15) is 0 Å². The molecule has 70 heavy (non-hydrogen) atoms. The van der Waals surface area contributed by atoms with Crippen LogP contribution >= 0.6 is 7.82 Å². The van der Waals surface area contributed by atoms with Crippen LogP contribution in [0.2, 0.25) is 0 Å². The average Bonchev–Trinajstić information content (AvgIpc) is 3.32. The maximum absolute atomic E-state index is 12.7. The Labute approximate surface area is 426 Å². The summed E-state index contributed by atoms with van der Waals surface area (Å²) in [6, 6.07) is 0. The molecule has 0 spiro atoms. The molecule has 0 saturated heterocycles. The van der Waals surface area contributed by atoms with E-state index >= 15 is 0 Å². The molecule has 10 heteroatoms. The second kappa shape index (κ2) is 49.4. The number of hydrogen-bond acceptors (Lipinski definition) is 7. The zero-order chi connectivity index (χ0) is 51.3. The van der Waals surface area contributed by atoms with E-state index in [4.69, 9.17) is 18.5 Å². The molecule has 0 aliphatic rings. The lowest BCUT2D eigenvalue weighted by atomic mass is 10.2. The number of ether oxygens (including phenoxy) is 2. The average molecular weight is 987 g/mol. The van der Waals surface area contributed by atoms with Crippen molar-refractivity contribution in [1.29, 1.82) is 0 Å². The van der Waals surface area contributed by atoms with E-state index in [1.807, 2.05) is 33.3 Å². The number of quaternary nitrogens is 1. The zero-order valence-electron chi connectivity index (χ0n) is 43.9. The van der Waals surface area contributed by atoms with Crippen molar-refractivity contribution in [2.45, 2.75) is 148 Å². The molecular formula is C60H93NO8P+. The van der Waals surface area contributed by atoms with Gasteiger partial charge in [0.05, 0.1) is 27.7 Å². The summed E-state index contributed by atoms with van der Waals surface area (Å²) in [7, 11) is 1.38. The van der Waals surface area contributed by atoms with E-state index in [1.54, 1.807) is 0 Å². The van der Waals surface area contributed by atoms with Crippen molar-refractivity contribution in [2.24, 2.45) is 0 Å². The molecule has 0 aromatic heterocycles. The molecule has 0 rings (SSSR count). The van der Waals surface area contributed by atoms with Crippen molar-refractivity contribution in [3.8, 4) is 0 Å². The Bertz CT molecular complexity index is 1780. The standard InChI is InChI=1S/C60H92NO8P/c1-6-8-10-12-14-16-18-20-22-24-25-26-27-28-29-30-31-32-33-34-35-37-39-41-43-45-47-49-51-53-60(63)69-58(57-68-70(64,65)67-55-54-61(3,4)5)56-66-59(62)52-50-48-46-44-42-40-38-36-23-21-19-17-15-13-11-9-7-2/h8-11,14-17,20-23,25-26,28-29,31-32,34-35,38-41,44-47,58H,6-7,12-13,18-19,24,27,30,33,36-37,42-43,48-57H2,1-5H3/p+1/b10-8-,11-9-,16-14-,17-15-,22-20-,23-21-,26-25-,29-28-,32-31-,35-34-,40-38-,41-39-,46-44-,47-45-. The van der Waals surface area contributed by atoms with Gasteiger partial charge >= 0.3 is 19.8 Å². The quantitative estimate of drug-likeness (QED) is 0.0211. The van der Waals surface area contributed by atoms with E-state index in [0.717, 1.165) is 96.3 Å². The van der Waals surface area contributed by atoms with Crippen LogP contribution in [0.15, 0.2) is 170 Å². The third-order valence-corrected chi connectivity index (χ3v) is 10.7. The van der Waals surface area contributed by atoms with Gasteiger partial charge in [-0.05, 0) is 116 Å². The predicted octanol–water partition coefficient (Wildman–Crippen LogP) is 15.9. The molecule has 0 aromatic carbocycles. The van der Waals surface area contributed by atoms with Crippen molar-refractivity contribution < 1.29 is 42.1 Å². The van der Waals surface area contributed by atoms with E-state index < -0.39 is 32.5 Å². The largest absolute Gasteiger partial charge is 0.472 e. The van der Waals surface area contributed by atoms with Crippen LogP contribution in [0.1, 0.15) is 142 Å². The molecule has 0 fully saturated rings. The van der Waals surface area contributed by atoms with Crippen molar-refractivity contribution in [1.82, 2.24) is 0 Å². The van der Waals surface area contributed by atoms with Crippen molar-refractivity contribution in [3.63, 3.8) is 0 Å². The summed E-state index contributed by atoms with van der Waals surface area (Å²) >= 11 is 0. The van der Waals surface area contributed by atoms with E-state index in [-0.39, 0.29) is 26.1 Å². The van der Waals surface area contributed by atoms with Gasteiger partial charge in [-0.25, -0.2) is 4.57 Å². The van der Waals surface area contributed by atoms with Crippen LogP contribution in [0, 0.1) is 0 Å². The summed E-state index contributed by atoms with van der Waals surface area (Å²) < 4.78 is 34.3. The highest BCUT2D eigenvalue weighted by molar-refractivity contribution is 7.47. The van der Waals surface area contributed by atoms with Crippen LogP contribution in [0.25, 0.3) is 0 Å². The normalized spacial score (nSPS) is 14.8. The first-order valence-electron chi connectivity index (χ1n) is 25.9. The highest BCUT2D eigenvalue weighted by atomic mass is 31.2. The van der Waals surface area contributed by atoms with E-state index in [1.165, 1.54) is 0 Å². The Kier molecular flexibility index (Phi) is 46.1. The summed E-state index contributed by atoms with van der Waals surface area (Å²) in [6.07, 6.45) is 75.8. The van der Waals surface area contributed by atoms with Crippen LogP contribution in [0.5, 0.6) is 0 Å². The fourth-order valence-electron chi connectivity index (χ4n) is 5.81. The summed E-state index contributed by atoms with van der Waals surface area (Å²) in [6.45, 7) is 4.02. The molecule has 1 N–H and O–H groups in total. The van der Waals surface area contributed by atoms with Crippen molar-refractivity contribution in [3.05, 3.63) is 170 Å². The Hall–Kier alpha value is -4.63. The molecule has 0 saturated carbocycles. The second-order valence-corrected chi connectivity index (χ2v) is 18.9. The van der Waals surface area contributed by atoms with Gasteiger partial charge in [0.1, 0.15) is 19.8 Å². The third kappa shape index (κ3) is 52.7. The topological polar surface area (TPSA) is 108 Å². The third-order valence-electron chi connectivity index (χ3n) is 9.74. The number of hydrogen-bond donors (Lipinski definition) is 1. The van der Waals surface area contributed by atoms with Crippen LogP contribution < -0.4 is 0 Å². The molecule has 2 atom stereocenters. The minimum atomic E-state index is -4.42. The summed E-state index contributed by atoms with van der Waals surface area (Å²) in [5.41, 5.74) is 0. The van der Waals surface area contributed by atoms with Crippen LogP contribution in [0.3, 0.4) is 0 Å². The van der Waals surface area contributed by atoms with E-state index in [9.17, 15) is 19.0 Å². The summed E-state index contributed by atoms with van der Waals surface area (Å²) in [5.74, 6) is -0.957. The molecule has 0 aromatic rings. The zero-order valence-corrected chi connectivity index (χ0v) is 44.8. The highest BCUT2D eigenvalue weighted by Crippen LogP contribution is 2.43. The van der Waals surface area contributed by atoms with E-state index in [0.29, 0.717) is 30.3 Å². The molecule has 0 aliphatic carbocycles. The molecule has 0 radical (unpaired) electrons. The summed E-state index contributed by atoms with van der Waals surface area (Å²) in [4.78, 5) is 35.5. The number of carbonyl (C=O) groups excluding carboxylic acids is 2. The van der Waals surface area contributed by atoms with Crippen LogP contribution in [-0.2, 0) is 32.7 Å². The van der Waals surface area contributed by atoms with Gasteiger partial charge in [-0.3, -0.25) is 18.6 Å². The maximum Gasteiger partial charge on any atom is 0.472 e. The molecule has 0 amide bonds. The van der Waals surface area contributed by atoms with Gasteiger partial charge in [0, 0.05) is 12.8 Å². The Morgan fingerprint density at radius 3 is 1.06 bits per heavy atom. The van der Waals surface area contributed by atoms with Crippen LogP contribution in [-0.4, -0.2) is 74.9 Å². The number of phosphoric ester groups is 1. The second-order valence-electron chi connectivity index (χ2n) is 17.4. The molecule has 390 valence electrons. The SMILES string of the molecule is CC/C=C\C/C=C\C/C=C\C/C=C\C/C=C\C/C=C\C/C=C\C/C=C\C/C=C\CCCC(=O)OC(COC(=O)CCC/C=C\C/C=C\C/C=C\C/C=C\C/C=C\CC)COP(=O)(O)OCC[N+](C)(C)C. The number of carbonyl (C=O) groups is 2. The van der Waals surface area contributed by atoms with Crippen LogP contribution in [0.4, 0.5) is 0 Å². The number of phosphoric acid groups is 1. The maximum atomic E-state index is 12.7. The van der Waals surface area contributed by atoms with Gasteiger partial charge in [0.25, 0.3) is 0 Å². The number of nitrogens with zero attached hydrogens (tertiary/aromatic N) is 1. The Balaban J connectivity index is 4.48. The van der Waals surface area contributed by atoms with Gasteiger partial charge in [-0.1, -0.05) is 184 Å². The molecule has 2 unspecified atom stereocenters.